The number of ketones is 1. The molecule has 0 fully saturated rings. The summed E-state index contributed by atoms with van der Waals surface area (Å²) in [4.78, 5) is 23.6. The van der Waals surface area contributed by atoms with E-state index in [1.807, 2.05) is 13.8 Å². The fourth-order valence-electron chi connectivity index (χ4n) is 1.77. The molecule has 5 nitrogen and oxygen atoms in total. The van der Waals surface area contributed by atoms with Crippen LogP contribution in [-0.2, 0) is 14.3 Å². The number of nitrogens with one attached hydrogen (secondary N) is 1. The van der Waals surface area contributed by atoms with Gasteiger partial charge in [-0.05, 0) is 33.7 Å². The number of aliphatic hydroxyl groups is 1. The van der Waals surface area contributed by atoms with Crippen LogP contribution in [0.1, 0.15) is 47.5 Å². The van der Waals surface area contributed by atoms with Crippen LogP contribution in [0.4, 0.5) is 0 Å². The molecule has 112 valence electrons. The lowest BCUT2D eigenvalue weighted by Gasteiger charge is -2.24. The maximum absolute atomic E-state index is 12.0. The maximum Gasteiger partial charge on any atom is 0.335 e. The molecule has 0 heterocycles. The van der Waals surface area contributed by atoms with Crippen molar-refractivity contribution < 1.29 is 19.4 Å². The van der Waals surface area contributed by atoms with Gasteiger partial charge < -0.3 is 15.2 Å². The third-order valence-electron chi connectivity index (χ3n) is 2.94. The zero-order valence-corrected chi connectivity index (χ0v) is 12.8. The van der Waals surface area contributed by atoms with Crippen LogP contribution in [-0.4, -0.2) is 41.7 Å². The van der Waals surface area contributed by atoms with E-state index in [-0.39, 0.29) is 24.2 Å². The first-order chi connectivity index (χ1) is 8.62. The Labute approximate surface area is 115 Å². The molecule has 0 saturated carbocycles. The van der Waals surface area contributed by atoms with Crippen LogP contribution in [0.3, 0.4) is 0 Å². The highest BCUT2D eigenvalue weighted by molar-refractivity contribution is 5.89. The van der Waals surface area contributed by atoms with Crippen molar-refractivity contribution in [1.29, 1.82) is 0 Å². The van der Waals surface area contributed by atoms with Crippen molar-refractivity contribution in [2.45, 2.75) is 65.2 Å². The van der Waals surface area contributed by atoms with Crippen molar-refractivity contribution in [1.82, 2.24) is 5.32 Å². The van der Waals surface area contributed by atoms with Gasteiger partial charge in [-0.2, -0.15) is 0 Å². The maximum atomic E-state index is 12.0. The molecule has 0 aromatic rings. The van der Waals surface area contributed by atoms with Crippen molar-refractivity contribution in [2.24, 2.45) is 5.92 Å². The first-order valence-corrected chi connectivity index (χ1v) is 6.73. The number of carbonyl (C=O) groups excluding carboxylic acids is 2. The molecule has 0 aliphatic carbocycles. The fraction of sp³-hybridized carbons (Fsp3) is 0.857. The summed E-state index contributed by atoms with van der Waals surface area (Å²) in [5, 5.41) is 12.7. The van der Waals surface area contributed by atoms with Gasteiger partial charge in [0.25, 0.3) is 0 Å². The third kappa shape index (κ3) is 6.68. The normalized spacial score (nSPS) is 16.6. The van der Waals surface area contributed by atoms with Crippen molar-refractivity contribution >= 4 is 11.8 Å². The molecule has 19 heavy (non-hydrogen) atoms. The van der Waals surface area contributed by atoms with Gasteiger partial charge in [0.1, 0.15) is 5.60 Å². The smallest absolute Gasteiger partial charge is 0.335 e. The summed E-state index contributed by atoms with van der Waals surface area (Å²) < 4.78 is 5.04. The van der Waals surface area contributed by atoms with Gasteiger partial charge in [-0.3, -0.25) is 4.79 Å². The van der Waals surface area contributed by atoms with E-state index in [0.29, 0.717) is 0 Å². The highest BCUT2D eigenvalue weighted by Gasteiger charge is 2.29. The lowest BCUT2D eigenvalue weighted by atomic mass is 9.93. The molecule has 0 aliphatic heterocycles. The second-order valence-electron chi connectivity index (χ2n) is 5.87. The van der Waals surface area contributed by atoms with Crippen LogP contribution >= 0.6 is 0 Å². The van der Waals surface area contributed by atoms with Crippen molar-refractivity contribution in [3.05, 3.63) is 0 Å². The second kappa shape index (κ2) is 7.60. The van der Waals surface area contributed by atoms with E-state index in [4.69, 9.17) is 4.74 Å². The SMILES string of the molecule is CC[C@H](C)[C@H](NC)C(=O)CC(O)C(=O)OC(C)(C)C. The molecule has 0 saturated heterocycles. The standard InChI is InChI=1S/C14H27NO4/c1-7-9(2)12(15-6)10(16)8-11(17)13(18)19-14(3,4)5/h9,11-12,15,17H,7-8H2,1-6H3/t9-,11?,12-/m0/s1. The van der Waals surface area contributed by atoms with Gasteiger partial charge in [-0.1, -0.05) is 20.3 Å². The predicted octanol–water partition coefficient (Wildman–Crippen LogP) is 1.28. The van der Waals surface area contributed by atoms with Gasteiger partial charge >= 0.3 is 5.97 Å². The van der Waals surface area contributed by atoms with Gasteiger partial charge in [0, 0.05) is 6.42 Å². The summed E-state index contributed by atoms with van der Waals surface area (Å²) in [5.74, 6) is -0.765. The molecular formula is C14H27NO4. The zero-order chi connectivity index (χ0) is 15.2. The van der Waals surface area contributed by atoms with Gasteiger partial charge in [-0.15, -0.1) is 0 Å². The lowest BCUT2D eigenvalue weighted by Crippen LogP contribution is -2.42. The number of hydrogen-bond donors (Lipinski definition) is 2. The Morgan fingerprint density at radius 3 is 2.21 bits per heavy atom. The number of Topliss-reactive ketones (excluding diaryl/α,β-unsaturated/α-hetero) is 1. The number of ether oxygens (including phenoxy) is 1. The minimum absolute atomic E-state index is 0.156. The molecule has 0 amide bonds. The summed E-state index contributed by atoms with van der Waals surface area (Å²) in [7, 11) is 1.70. The molecule has 5 heteroatoms. The largest absolute Gasteiger partial charge is 0.458 e. The minimum atomic E-state index is -1.40. The van der Waals surface area contributed by atoms with Gasteiger partial charge in [-0.25, -0.2) is 4.79 Å². The van der Waals surface area contributed by atoms with Crippen LogP contribution in [0.2, 0.25) is 0 Å². The number of aliphatic hydroxyl groups excluding tert-OH is 1. The molecule has 3 atom stereocenters. The zero-order valence-electron chi connectivity index (χ0n) is 12.8. The molecule has 0 aromatic carbocycles. The first kappa shape index (κ1) is 18.1. The molecule has 0 spiro atoms. The molecular weight excluding hydrogens is 246 g/mol. The highest BCUT2D eigenvalue weighted by Crippen LogP contribution is 2.13. The molecule has 2 N–H and O–H groups in total. The Bertz CT molecular complexity index is 309. The Morgan fingerprint density at radius 1 is 1.32 bits per heavy atom. The highest BCUT2D eigenvalue weighted by atomic mass is 16.6. The Balaban J connectivity index is 4.50. The van der Waals surface area contributed by atoms with Crippen LogP contribution in [0.5, 0.6) is 0 Å². The van der Waals surface area contributed by atoms with E-state index in [1.165, 1.54) is 0 Å². The lowest BCUT2D eigenvalue weighted by molar-refractivity contribution is -0.166. The van der Waals surface area contributed by atoms with Crippen LogP contribution in [0, 0.1) is 5.92 Å². The average molecular weight is 273 g/mol. The molecule has 0 bridgehead atoms. The van der Waals surface area contributed by atoms with E-state index in [9.17, 15) is 14.7 Å². The summed E-state index contributed by atoms with van der Waals surface area (Å²) in [6, 6.07) is -0.345. The second-order valence-corrected chi connectivity index (χ2v) is 5.87. The van der Waals surface area contributed by atoms with E-state index >= 15 is 0 Å². The number of carbonyl (C=O) groups is 2. The van der Waals surface area contributed by atoms with Crippen LogP contribution in [0.15, 0.2) is 0 Å². The number of esters is 1. The Morgan fingerprint density at radius 2 is 1.84 bits per heavy atom. The van der Waals surface area contributed by atoms with E-state index in [2.05, 4.69) is 5.32 Å². The van der Waals surface area contributed by atoms with Crippen molar-refractivity contribution in [2.75, 3.05) is 7.05 Å². The molecule has 1 unspecified atom stereocenters. The predicted molar refractivity (Wildman–Crippen MR) is 73.8 cm³/mol. The summed E-state index contributed by atoms with van der Waals surface area (Å²) >= 11 is 0. The quantitative estimate of drug-likeness (QED) is 0.683. The van der Waals surface area contributed by atoms with E-state index in [0.717, 1.165) is 6.42 Å². The topological polar surface area (TPSA) is 75.6 Å². The Kier molecular flexibility index (Phi) is 7.23. The molecule has 0 radical (unpaired) electrons. The third-order valence-corrected chi connectivity index (χ3v) is 2.94. The molecule has 0 aliphatic rings. The first-order valence-electron chi connectivity index (χ1n) is 6.73. The summed E-state index contributed by atoms with van der Waals surface area (Å²) in [5.41, 5.74) is -0.666. The molecule has 0 aromatic heterocycles. The van der Waals surface area contributed by atoms with Gasteiger partial charge in [0.2, 0.25) is 0 Å². The van der Waals surface area contributed by atoms with Crippen LogP contribution < -0.4 is 5.32 Å². The number of hydrogen-bond acceptors (Lipinski definition) is 5. The van der Waals surface area contributed by atoms with Gasteiger partial charge in [0.05, 0.1) is 6.04 Å². The van der Waals surface area contributed by atoms with Crippen molar-refractivity contribution in [3.63, 3.8) is 0 Å². The fourth-order valence-corrected chi connectivity index (χ4v) is 1.77. The average Bonchev–Trinajstić information content (AvgIpc) is 2.27. The Hall–Kier alpha value is -0.940. The van der Waals surface area contributed by atoms with Gasteiger partial charge in [0.15, 0.2) is 11.9 Å². The summed E-state index contributed by atoms with van der Waals surface area (Å²) in [6.45, 7) is 9.10. The number of rotatable bonds is 7. The minimum Gasteiger partial charge on any atom is -0.458 e. The number of likely N-dealkylation sites (N-methyl/N-ethyl adjacent to an activating group) is 1. The van der Waals surface area contributed by atoms with E-state index < -0.39 is 17.7 Å². The monoisotopic (exact) mass is 273 g/mol. The van der Waals surface area contributed by atoms with Crippen molar-refractivity contribution in [3.8, 4) is 0 Å². The summed E-state index contributed by atoms with van der Waals surface area (Å²) in [6.07, 6.45) is -0.767. The van der Waals surface area contributed by atoms with E-state index in [1.54, 1.807) is 27.8 Å². The molecule has 0 rings (SSSR count). The van der Waals surface area contributed by atoms with Crippen LogP contribution in [0.25, 0.3) is 0 Å².